The van der Waals surface area contributed by atoms with Crippen molar-refractivity contribution >= 4 is 35.0 Å². The van der Waals surface area contributed by atoms with Crippen LogP contribution in [0.1, 0.15) is 0 Å². The van der Waals surface area contributed by atoms with Gasteiger partial charge in [-0.15, -0.1) is 0 Å². The number of anilines is 2. The number of benzene rings is 2. The number of carbonyl (C=O) groups excluding carboxylic acids is 2. The van der Waals surface area contributed by atoms with Gasteiger partial charge >= 0.3 is 0 Å². The molecule has 2 N–H and O–H groups in total. The van der Waals surface area contributed by atoms with Crippen LogP contribution >= 0.6 is 0 Å². The van der Waals surface area contributed by atoms with Crippen molar-refractivity contribution in [3.05, 3.63) is 36.4 Å². The van der Waals surface area contributed by atoms with Crippen molar-refractivity contribution < 1.29 is 9.59 Å². The van der Waals surface area contributed by atoms with Gasteiger partial charge in [0.1, 0.15) is 0 Å². The maximum absolute atomic E-state index is 10.5. The summed E-state index contributed by atoms with van der Waals surface area (Å²) in [6, 6.07) is 11.1. The van der Waals surface area contributed by atoms with E-state index in [0.29, 0.717) is 24.2 Å². The van der Waals surface area contributed by atoms with Crippen LogP contribution in [0.25, 0.3) is 10.8 Å². The first-order valence-electron chi connectivity index (χ1n) is 4.79. The van der Waals surface area contributed by atoms with Crippen molar-refractivity contribution in [2.75, 3.05) is 10.6 Å². The number of hydrogen-bond donors (Lipinski definition) is 2. The monoisotopic (exact) mass is 214 g/mol. The number of nitrogens with one attached hydrogen (secondary N) is 2. The Bertz CT molecular complexity index is 493. The maximum Gasteiger partial charge on any atom is 0.211 e. The van der Waals surface area contributed by atoms with Gasteiger partial charge in [0.2, 0.25) is 12.8 Å². The molecule has 0 aliphatic carbocycles. The average Bonchev–Trinajstić information content (AvgIpc) is 2.30. The van der Waals surface area contributed by atoms with E-state index in [1.54, 1.807) is 12.1 Å². The molecule has 4 nitrogen and oxygen atoms in total. The predicted molar refractivity (Wildman–Crippen MR) is 63.3 cm³/mol. The van der Waals surface area contributed by atoms with E-state index in [0.717, 1.165) is 10.8 Å². The van der Waals surface area contributed by atoms with Crippen molar-refractivity contribution in [3.8, 4) is 0 Å². The number of fused-ring (bicyclic) bond motifs is 1. The topological polar surface area (TPSA) is 58.2 Å². The first-order valence-corrected chi connectivity index (χ1v) is 4.79. The highest BCUT2D eigenvalue weighted by atomic mass is 16.1. The van der Waals surface area contributed by atoms with Gasteiger partial charge in [-0.1, -0.05) is 24.3 Å². The van der Waals surface area contributed by atoms with Crippen molar-refractivity contribution in [2.24, 2.45) is 0 Å². The van der Waals surface area contributed by atoms with E-state index in [2.05, 4.69) is 10.6 Å². The zero-order valence-electron chi connectivity index (χ0n) is 8.44. The summed E-state index contributed by atoms with van der Waals surface area (Å²) in [6.45, 7) is 0. The number of rotatable bonds is 4. The molecule has 0 aromatic heterocycles. The van der Waals surface area contributed by atoms with Crippen LogP contribution < -0.4 is 10.6 Å². The van der Waals surface area contributed by atoms with Crippen LogP contribution in [0.5, 0.6) is 0 Å². The molecule has 0 aliphatic heterocycles. The summed E-state index contributed by atoms with van der Waals surface area (Å²) in [6.07, 6.45) is 1.24. The molecule has 0 aliphatic rings. The Kier molecular flexibility index (Phi) is 2.82. The second kappa shape index (κ2) is 4.44. The highest BCUT2D eigenvalue weighted by molar-refractivity contribution is 6.07. The van der Waals surface area contributed by atoms with Gasteiger partial charge < -0.3 is 10.6 Å². The molecule has 4 heteroatoms. The van der Waals surface area contributed by atoms with Crippen molar-refractivity contribution in [1.82, 2.24) is 0 Å². The molecular weight excluding hydrogens is 204 g/mol. The third-order valence-electron chi connectivity index (χ3n) is 2.33. The maximum atomic E-state index is 10.5. The van der Waals surface area contributed by atoms with Crippen LogP contribution in [-0.2, 0) is 9.59 Å². The van der Waals surface area contributed by atoms with Gasteiger partial charge in [-0.05, 0) is 17.5 Å². The highest BCUT2D eigenvalue weighted by Gasteiger charge is 2.04. The molecule has 0 fully saturated rings. The van der Waals surface area contributed by atoms with Crippen LogP contribution in [0.15, 0.2) is 36.4 Å². The van der Waals surface area contributed by atoms with E-state index in [-0.39, 0.29) is 0 Å². The Morgan fingerprint density at radius 2 is 1.31 bits per heavy atom. The Morgan fingerprint density at radius 1 is 0.812 bits per heavy atom. The zero-order valence-corrected chi connectivity index (χ0v) is 8.44. The summed E-state index contributed by atoms with van der Waals surface area (Å²) < 4.78 is 0. The van der Waals surface area contributed by atoms with Gasteiger partial charge in [0, 0.05) is 5.39 Å². The second-order valence-corrected chi connectivity index (χ2v) is 3.23. The summed E-state index contributed by atoms with van der Waals surface area (Å²) >= 11 is 0. The van der Waals surface area contributed by atoms with Crippen molar-refractivity contribution in [2.45, 2.75) is 0 Å². The average molecular weight is 214 g/mol. The smallest absolute Gasteiger partial charge is 0.211 e. The molecule has 0 bridgehead atoms. The van der Waals surface area contributed by atoms with E-state index in [1.165, 1.54) is 0 Å². The fourth-order valence-electron chi connectivity index (χ4n) is 1.71. The first kappa shape index (κ1) is 10.2. The normalized spacial score (nSPS) is 9.75. The lowest BCUT2D eigenvalue weighted by atomic mass is 10.1. The van der Waals surface area contributed by atoms with E-state index in [9.17, 15) is 9.59 Å². The Balaban J connectivity index is 2.70. The van der Waals surface area contributed by atoms with E-state index >= 15 is 0 Å². The van der Waals surface area contributed by atoms with Crippen LogP contribution in [0.4, 0.5) is 11.4 Å². The molecule has 0 unspecified atom stereocenters. The Hall–Kier alpha value is -2.36. The Morgan fingerprint density at radius 3 is 1.75 bits per heavy atom. The molecule has 0 saturated carbocycles. The largest absolute Gasteiger partial charge is 0.328 e. The van der Waals surface area contributed by atoms with Crippen molar-refractivity contribution in [1.29, 1.82) is 0 Å². The van der Waals surface area contributed by atoms with Gasteiger partial charge in [-0.3, -0.25) is 9.59 Å². The molecular formula is C12H10N2O2. The second-order valence-electron chi connectivity index (χ2n) is 3.23. The molecule has 2 rings (SSSR count). The molecule has 2 amide bonds. The summed E-state index contributed by atoms with van der Waals surface area (Å²) in [4.78, 5) is 21.0. The zero-order chi connectivity index (χ0) is 11.4. The van der Waals surface area contributed by atoms with Gasteiger partial charge in [-0.25, -0.2) is 0 Å². The van der Waals surface area contributed by atoms with Gasteiger partial charge in [0.15, 0.2) is 0 Å². The quantitative estimate of drug-likeness (QED) is 0.764. The lowest BCUT2D eigenvalue weighted by Crippen LogP contribution is -1.99. The van der Waals surface area contributed by atoms with E-state index < -0.39 is 0 Å². The molecule has 0 radical (unpaired) electrons. The summed E-state index contributed by atoms with van der Waals surface area (Å²) in [7, 11) is 0. The summed E-state index contributed by atoms with van der Waals surface area (Å²) in [5, 5.41) is 7.01. The summed E-state index contributed by atoms with van der Waals surface area (Å²) in [5.41, 5.74) is 1.36. The van der Waals surface area contributed by atoms with Crippen LogP contribution in [0.2, 0.25) is 0 Å². The number of carbonyl (C=O) groups is 2. The van der Waals surface area contributed by atoms with E-state index in [4.69, 9.17) is 0 Å². The van der Waals surface area contributed by atoms with Crippen LogP contribution in [0, 0.1) is 0 Å². The standard InChI is InChI=1S/C12H10N2O2/c15-7-13-10-5-1-3-9-4-2-6-11(12(9)10)14-8-16/h1-8H,(H,13,15)(H,14,16). The van der Waals surface area contributed by atoms with Gasteiger partial charge in [0.05, 0.1) is 11.4 Å². The predicted octanol–water partition coefficient (Wildman–Crippen LogP) is 1.98. The molecule has 16 heavy (non-hydrogen) atoms. The number of amides is 2. The first-order chi connectivity index (χ1) is 7.86. The van der Waals surface area contributed by atoms with Crippen LogP contribution in [0.3, 0.4) is 0 Å². The van der Waals surface area contributed by atoms with E-state index in [1.807, 2.05) is 24.3 Å². The van der Waals surface area contributed by atoms with Gasteiger partial charge in [0.25, 0.3) is 0 Å². The molecule has 0 saturated heterocycles. The molecule has 2 aromatic rings. The number of hydrogen-bond acceptors (Lipinski definition) is 2. The SMILES string of the molecule is O=CNc1cccc2cccc(NC=O)c12. The summed E-state index contributed by atoms with van der Waals surface area (Å²) in [5.74, 6) is 0. The fraction of sp³-hybridized carbons (Fsp3) is 0. The fourth-order valence-corrected chi connectivity index (χ4v) is 1.71. The molecule has 0 heterocycles. The molecule has 80 valence electrons. The van der Waals surface area contributed by atoms with Crippen LogP contribution in [-0.4, -0.2) is 12.8 Å². The highest BCUT2D eigenvalue weighted by Crippen LogP contribution is 2.29. The minimum Gasteiger partial charge on any atom is -0.328 e. The van der Waals surface area contributed by atoms with Gasteiger partial charge in [-0.2, -0.15) is 0 Å². The minimum absolute atomic E-state index is 0.618. The lowest BCUT2D eigenvalue weighted by molar-refractivity contribution is -0.106. The third kappa shape index (κ3) is 1.72. The molecule has 0 spiro atoms. The third-order valence-corrected chi connectivity index (χ3v) is 2.33. The van der Waals surface area contributed by atoms with Crippen molar-refractivity contribution in [3.63, 3.8) is 0 Å². The molecule has 2 aromatic carbocycles. The Labute approximate surface area is 92.3 Å². The molecule has 0 atom stereocenters. The lowest BCUT2D eigenvalue weighted by Gasteiger charge is -2.09. The minimum atomic E-state index is 0.618.